The van der Waals surface area contributed by atoms with E-state index in [-0.39, 0.29) is 17.9 Å². The minimum atomic E-state index is -0.634. The van der Waals surface area contributed by atoms with Crippen LogP contribution in [0.4, 0.5) is 0 Å². The third kappa shape index (κ3) is 5.90. The van der Waals surface area contributed by atoms with E-state index >= 15 is 0 Å². The Morgan fingerprint density at radius 1 is 1.27 bits per heavy atom. The molecule has 2 aromatic carbocycles. The van der Waals surface area contributed by atoms with E-state index in [0.29, 0.717) is 37.4 Å². The molecule has 0 saturated carbocycles. The van der Waals surface area contributed by atoms with E-state index in [4.69, 9.17) is 26.8 Å². The monoisotopic (exact) mass is 470 g/mol. The van der Waals surface area contributed by atoms with Gasteiger partial charge in [-0.3, -0.25) is 4.79 Å². The first-order valence-electron chi connectivity index (χ1n) is 10.9. The zero-order valence-corrected chi connectivity index (χ0v) is 19.1. The largest absolute Gasteiger partial charge is 0.494 e. The van der Waals surface area contributed by atoms with Crippen molar-refractivity contribution in [1.82, 2.24) is 15.0 Å². The highest BCUT2D eigenvalue weighted by atomic mass is 35.5. The summed E-state index contributed by atoms with van der Waals surface area (Å²) in [6.45, 7) is 2.95. The number of aromatic nitrogens is 3. The average Bonchev–Trinajstić information content (AvgIpc) is 3.25. The first-order valence-corrected chi connectivity index (χ1v) is 11.3. The molecule has 1 aliphatic heterocycles. The Morgan fingerprint density at radius 2 is 2.06 bits per heavy atom. The number of halogens is 1. The fraction of sp³-hybridized carbons (Fsp3) is 0.375. The minimum Gasteiger partial charge on any atom is -0.494 e. The number of hydrogen-bond donors (Lipinski definition) is 2. The molecule has 0 bridgehead atoms. The average molecular weight is 471 g/mol. The summed E-state index contributed by atoms with van der Waals surface area (Å²) < 4.78 is 13.3. The Labute approximate surface area is 197 Å². The van der Waals surface area contributed by atoms with E-state index in [1.54, 1.807) is 0 Å². The first-order chi connectivity index (χ1) is 15.9. The Bertz CT molecular complexity index is 1100. The summed E-state index contributed by atoms with van der Waals surface area (Å²) in [6, 6.07) is 13.8. The lowest BCUT2D eigenvalue weighted by Crippen LogP contribution is -2.34. The number of aliphatic hydroxyl groups excluding tert-OH is 1. The molecule has 3 N–H and O–H groups in total. The van der Waals surface area contributed by atoms with Crippen LogP contribution in [0.3, 0.4) is 0 Å². The highest BCUT2D eigenvalue weighted by Gasteiger charge is 2.30. The van der Waals surface area contributed by atoms with Crippen molar-refractivity contribution in [3.05, 3.63) is 76.1 Å². The SMILES string of the molecule is CCOc1ccc(Cc2cc(C3CC(O)CC(Cn4cc(C(N)=O)nn4)O3)ccc2Cl)cc1. The van der Waals surface area contributed by atoms with Crippen LogP contribution in [0, 0.1) is 0 Å². The number of nitrogens with zero attached hydrogens (tertiary/aromatic N) is 3. The number of carbonyl (C=O) groups excluding carboxylic acids is 1. The van der Waals surface area contributed by atoms with Gasteiger partial charge in [-0.25, -0.2) is 4.68 Å². The van der Waals surface area contributed by atoms with Gasteiger partial charge in [0.1, 0.15) is 5.75 Å². The standard InChI is InChI=1S/C24H27ClN4O4/c1-2-32-19-6-3-15(4-7-19)9-17-10-16(5-8-21(17)25)23-12-18(30)11-20(33-23)13-29-14-22(24(26)31)27-28-29/h3-8,10,14,18,20,23,30H,2,9,11-13H2,1H3,(H2,26,31). The van der Waals surface area contributed by atoms with Gasteiger partial charge in [0.15, 0.2) is 5.69 Å². The van der Waals surface area contributed by atoms with Gasteiger partial charge in [0.05, 0.1) is 37.7 Å². The number of nitrogens with two attached hydrogens (primary N) is 1. The Morgan fingerprint density at radius 3 is 2.76 bits per heavy atom. The Kier molecular flexibility index (Phi) is 7.27. The highest BCUT2D eigenvalue weighted by molar-refractivity contribution is 6.31. The van der Waals surface area contributed by atoms with Crippen LogP contribution in [0.15, 0.2) is 48.7 Å². The van der Waals surface area contributed by atoms with Crippen LogP contribution in [-0.4, -0.2) is 44.8 Å². The van der Waals surface area contributed by atoms with Crippen LogP contribution in [0.2, 0.25) is 5.02 Å². The minimum absolute atomic E-state index is 0.0968. The molecule has 3 aromatic rings. The molecule has 1 fully saturated rings. The molecule has 9 heteroatoms. The summed E-state index contributed by atoms with van der Waals surface area (Å²) in [5, 5.41) is 18.8. The van der Waals surface area contributed by atoms with Crippen LogP contribution in [0.25, 0.3) is 0 Å². The van der Waals surface area contributed by atoms with Crippen molar-refractivity contribution in [2.24, 2.45) is 5.73 Å². The molecule has 1 saturated heterocycles. The highest BCUT2D eigenvalue weighted by Crippen LogP contribution is 2.34. The molecule has 0 radical (unpaired) electrons. The summed E-state index contributed by atoms with van der Waals surface area (Å²) in [5.41, 5.74) is 8.40. The number of hydrogen-bond acceptors (Lipinski definition) is 6. The molecule has 8 nitrogen and oxygen atoms in total. The molecule has 1 amide bonds. The fourth-order valence-corrected chi connectivity index (χ4v) is 4.24. The normalized spacial score (nSPS) is 20.5. The number of amides is 1. The van der Waals surface area contributed by atoms with Crippen LogP contribution in [0.1, 0.15) is 53.0 Å². The lowest BCUT2D eigenvalue weighted by Gasteiger charge is -2.33. The lowest BCUT2D eigenvalue weighted by atomic mass is 9.94. The maximum atomic E-state index is 11.3. The third-order valence-electron chi connectivity index (χ3n) is 5.63. The summed E-state index contributed by atoms with van der Waals surface area (Å²) in [7, 11) is 0. The summed E-state index contributed by atoms with van der Waals surface area (Å²) in [4.78, 5) is 11.3. The second-order valence-electron chi connectivity index (χ2n) is 8.17. The van der Waals surface area contributed by atoms with Gasteiger partial charge < -0.3 is 20.3 Å². The summed E-state index contributed by atoms with van der Waals surface area (Å²) >= 11 is 6.49. The molecule has 0 aliphatic carbocycles. The molecule has 174 valence electrons. The van der Waals surface area contributed by atoms with Gasteiger partial charge in [0.2, 0.25) is 0 Å². The van der Waals surface area contributed by atoms with Crippen LogP contribution in [0.5, 0.6) is 5.75 Å². The van der Waals surface area contributed by atoms with E-state index in [1.807, 2.05) is 49.4 Å². The van der Waals surface area contributed by atoms with Gasteiger partial charge in [0.25, 0.3) is 5.91 Å². The Hall–Kier alpha value is -2.94. The molecule has 1 aliphatic rings. The molecule has 33 heavy (non-hydrogen) atoms. The van der Waals surface area contributed by atoms with Gasteiger partial charge in [-0.15, -0.1) is 5.10 Å². The van der Waals surface area contributed by atoms with Crippen molar-refractivity contribution >= 4 is 17.5 Å². The van der Waals surface area contributed by atoms with E-state index < -0.39 is 12.0 Å². The molecular weight excluding hydrogens is 444 g/mol. The second kappa shape index (κ2) is 10.3. The number of carbonyl (C=O) groups is 1. The predicted molar refractivity (Wildman–Crippen MR) is 123 cm³/mol. The van der Waals surface area contributed by atoms with Crippen molar-refractivity contribution in [2.45, 2.75) is 51.0 Å². The van der Waals surface area contributed by atoms with Gasteiger partial charge in [-0.2, -0.15) is 0 Å². The molecule has 4 rings (SSSR count). The predicted octanol–water partition coefficient (Wildman–Crippen LogP) is 3.30. The lowest BCUT2D eigenvalue weighted by molar-refractivity contribution is -0.104. The Balaban J connectivity index is 1.47. The number of ether oxygens (including phenoxy) is 2. The van der Waals surface area contributed by atoms with Gasteiger partial charge in [-0.05, 0) is 48.2 Å². The zero-order valence-electron chi connectivity index (χ0n) is 18.4. The van der Waals surface area contributed by atoms with Gasteiger partial charge in [-0.1, -0.05) is 41.1 Å². The van der Waals surface area contributed by atoms with Crippen LogP contribution >= 0.6 is 11.6 Å². The van der Waals surface area contributed by atoms with Gasteiger partial charge >= 0.3 is 0 Å². The maximum Gasteiger partial charge on any atom is 0.270 e. The van der Waals surface area contributed by atoms with Crippen molar-refractivity contribution in [2.75, 3.05) is 6.61 Å². The molecule has 1 aromatic heterocycles. The molecule has 0 spiro atoms. The molecule has 2 heterocycles. The maximum absolute atomic E-state index is 11.3. The van der Waals surface area contributed by atoms with Gasteiger partial charge in [0, 0.05) is 17.9 Å². The van der Waals surface area contributed by atoms with Crippen LogP contribution < -0.4 is 10.5 Å². The summed E-state index contributed by atoms with van der Waals surface area (Å²) in [6.07, 6.45) is 2.03. The topological polar surface area (TPSA) is 112 Å². The number of aliphatic hydroxyl groups is 1. The molecular formula is C24H27ClN4O4. The third-order valence-corrected chi connectivity index (χ3v) is 6.00. The second-order valence-corrected chi connectivity index (χ2v) is 8.57. The quantitative estimate of drug-likeness (QED) is 0.522. The molecule has 3 unspecified atom stereocenters. The summed E-state index contributed by atoms with van der Waals surface area (Å²) in [5.74, 6) is 0.206. The number of primary amides is 1. The molecule has 3 atom stereocenters. The van der Waals surface area contributed by atoms with Crippen molar-refractivity contribution < 1.29 is 19.4 Å². The fourth-order valence-electron chi connectivity index (χ4n) is 4.05. The zero-order chi connectivity index (χ0) is 23.4. The van der Waals surface area contributed by atoms with E-state index in [1.165, 1.54) is 10.9 Å². The van der Waals surface area contributed by atoms with Crippen molar-refractivity contribution in [3.63, 3.8) is 0 Å². The van der Waals surface area contributed by atoms with Crippen molar-refractivity contribution in [1.29, 1.82) is 0 Å². The first kappa shape index (κ1) is 23.2. The van der Waals surface area contributed by atoms with Crippen LogP contribution in [-0.2, 0) is 17.7 Å². The number of rotatable bonds is 8. The van der Waals surface area contributed by atoms with E-state index in [0.717, 1.165) is 22.4 Å². The number of benzene rings is 2. The van der Waals surface area contributed by atoms with E-state index in [9.17, 15) is 9.90 Å². The van der Waals surface area contributed by atoms with Crippen molar-refractivity contribution in [3.8, 4) is 5.75 Å². The smallest absolute Gasteiger partial charge is 0.270 e. The van der Waals surface area contributed by atoms with E-state index in [2.05, 4.69) is 10.3 Å².